The molecule has 1 heterocycles. The molecule has 5 rings (SSSR count). The second-order valence-corrected chi connectivity index (χ2v) is 10.6. The zero-order chi connectivity index (χ0) is 25.6. The van der Waals surface area contributed by atoms with Crippen LogP contribution in [0.4, 0.5) is 11.4 Å². The number of methoxy groups -OCH3 is 1. The van der Waals surface area contributed by atoms with Crippen LogP contribution in [0.1, 0.15) is 46.2 Å². The lowest BCUT2D eigenvalue weighted by molar-refractivity contribution is -0.384. The molecule has 3 aromatic rings. The molecule has 0 unspecified atom stereocenters. The highest BCUT2D eigenvalue weighted by molar-refractivity contribution is 9.10. The SMILES string of the molecule is COc1cc([C@@H]2Nc3c([N+](=O)[O-])cc(C)c(C)c3[C@H]3C=CC[C@@H]32)cc(Br)c1OCc1ccc(Cl)cc1. The quantitative estimate of drug-likeness (QED) is 0.185. The lowest BCUT2D eigenvalue weighted by Gasteiger charge is -2.38. The van der Waals surface area contributed by atoms with Gasteiger partial charge < -0.3 is 14.8 Å². The molecule has 6 nitrogen and oxygen atoms in total. The van der Waals surface area contributed by atoms with Gasteiger partial charge in [0.2, 0.25) is 0 Å². The Morgan fingerprint density at radius 1 is 1.19 bits per heavy atom. The molecule has 0 bridgehead atoms. The first kappa shape index (κ1) is 24.7. The summed E-state index contributed by atoms with van der Waals surface area (Å²) in [4.78, 5) is 11.7. The van der Waals surface area contributed by atoms with Crippen molar-refractivity contribution in [2.75, 3.05) is 12.4 Å². The first-order valence-corrected chi connectivity index (χ1v) is 12.9. The van der Waals surface area contributed by atoms with Gasteiger partial charge in [-0.25, -0.2) is 0 Å². The van der Waals surface area contributed by atoms with Crippen molar-refractivity contribution < 1.29 is 14.4 Å². The molecule has 3 aromatic carbocycles. The second kappa shape index (κ2) is 9.79. The maximum Gasteiger partial charge on any atom is 0.292 e. The number of nitrogens with zero attached hydrogens (tertiary/aromatic N) is 1. The smallest absolute Gasteiger partial charge is 0.292 e. The molecule has 0 fully saturated rings. The fourth-order valence-corrected chi connectivity index (χ4v) is 6.05. The van der Waals surface area contributed by atoms with Gasteiger partial charge in [0.15, 0.2) is 11.5 Å². The summed E-state index contributed by atoms with van der Waals surface area (Å²) in [5.41, 5.74) is 5.77. The third-order valence-corrected chi connectivity index (χ3v) is 8.09. The number of fused-ring (bicyclic) bond motifs is 3. The van der Waals surface area contributed by atoms with Crippen LogP contribution in [0.5, 0.6) is 11.5 Å². The number of aryl methyl sites for hydroxylation is 1. The number of allylic oxidation sites excluding steroid dienone is 2. The van der Waals surface area contributed by atoms with E-state index >= 15 is 0 Å². The van der Waals surface area contributed by atoms with Gasteiger partial charge in [-0.15, -0.1) is 0 Å². The van der Waals surface area contributed by atoms with E-state index in [-0.39, 0.29) is 28.5 Å². The third-order valence-electron chi connectivity index (χ3n) is 7.25. The van der Waals surface area contributed by atoms with E-state index in [1.54, 1.807) is 13.2 Å². The van der Waals surface area contributed by atoms with Crippen LogP contribution >= 0.6 is 27.5 Å². The van der Waals surface area contributed by atoms with Crippen LogP contribution in [0.25, 0.3) is 0 Å². The van der Waals surface area contributed by atoms with E-state index in [2.05, 4.69) is 40.3 Å². The van der Waals surface area contributed by atoms with Crippen molar-refractivity contribution >= 4 is 38.9 Å². The molecule has 0 aromatic heterocycles. The van der Waals surface area contributed by atoms with Crippen LogP contribution in [0.15, 0.2) is 59.1 Å². The van der Waals surface area contributed by atoms with Crippen LogP contribution in [-0.2, 0) is 6.61 Å². The Hall–Kier alpha value is -3.03. The highest BCUT2D eigenvalue weighted by atomic mass is 79.9. The molecule has 0 saturated carbocycles. The van der Waals surface area contributed by atoms with Crippen molar-refractivity contribution in [3.05, 3.63) is 102 Å². The summed E-state index contributed by atoms with van der Waals surface area (Å²) in [6.45, 7) is 4.35. The number of rotatable bonds is 6. The summed E-state index contributed by atoms with van der Waals surface area (Å²) < 4.78 is 12.6. The third kappa shape index (κ3) is 4.35. The number of nitrogens with one attached hydrogen (secondary N) is 1. The van der Waals surface area contributed by atoms with Crippen LogP contribution in [0, 0.1) is 29.9 Å². The average molecular weight is 570 g/mol. The van der Waals surface area contributed by atoms with E-state index < -0.39 is 0 Å². The highest BCUT2D eigenvalue weighted by Crippen LogP contribution is 2.54. The van der Waals surface area contributed by atoms with E-state index in [4.69, 9.17) is 21.1 Å². The number of ether oxygens (including phenoxy) is 2. The van der Waals surface area contributed by atoms with Gasteiger partial charge in [0.25, 0.3) is 5.69 Å². The number of benzene rings is 3. The first-order chi connectivity index (χ1) is 17.3. The lowest BCUT2D eigenvalue weighted by atomic mass is 9.74. The minimum Gasteiger partial charge on any atom is -0.493 e. The minimum atomic E-state index is -0.293. The summed E-state index contributed by atoms with van der Waals surface area (Å²) in [7, 11) is 1.61. The molecule has 0 saturated heterocycles. The Balaban J connectivity index is 1.52. The Morgan fingerprint density at radius 3 is 2.64 bits per heavy atom. The predicted octanol–water partition coefficient (Wildman–Crippen LogP) is 8.04. The zero-order valence-corrected chi connectivity index (χ0v) is 22.5. The van der Waals surface area contributed by atoms with Crippen molar-refractivity contribution in [2.24, 2.45) is 5.92 Å². The van der Waals surface area contributed by atoms with Crippen molar-refractivity contribution in [3.8, 4) is 11.5 Å². The van der Waals surface area contributed by atoms with Crippen LogP contribution in [0.2, 0.25) is 5.02 Å². The molecular formula is C28H26BrClN2O4. The van der Waals surface area contributed by atoms with E-state index in [0.717, 1.165) is 38.7 Å². The molecule has 36 heavy (non-hydrogen) atoms. The monoisotopic (exact) mass is 568 g/mol. The minimum absolute atomic E-state index is 0.107. The number of nitro benzene ring substituents is 1. The number of hydrogen-bond donors (Lipinski definition) is 1. The molecule has 186 valence electrons. The fraction of sp³-hybridized carbons (Fsp3) is 0.286. The molecule has 0 spiro atoms. The Kier molecular flexibility index (Phi) is 6.70. The van der Waals surface area contributed by atoms with E-state index in [0.29, 0.717) is 28.8 Å². The zero-order valence-electron chi connectivity index (χ0n) is 20.2. The normalized spacial score (nSPS) is 19.9. The molecular weight excluding hydrogens is 544 g/mol. The maximum atomic E-state index is 12.0. The van der Waals surface area contributed by atoms with Gasteiger partial charge in [0.05, 0.1) is 22.5 Å². The molecule has 1 aliphatic carbocycles. The Morgan fingerprint density at radius 2 is 1.94 bits per heavy atom. The summed E-state index contributed by atoms with van der Waals surface area (Å²) in [6.07, 6.45) is 5.27. The molecule has 2 aliphatic rings. The van der Waals surface area contributed by atoms with E-state index in [9.17, 15) is 10.1 Å². The van der Waals surface area contributed by atoms with E-state index in [1.165, 1.54) is 0 Å². The van der Waals surface area contributed by atoms with Gasteiger partial charge in [0, 0.05) is 17.0 Å². The van der Waals surface area contributed by atoms with Crippen molar-refractivity contribution in [1.29, 1.82) is 0 Å². The lowest BCUT2D eigenvalue weighted by Crippen LogP contribution is -2.30. The molecule has 3 atom stereocenters. The predicted molar refractivity (Wildman–Crippen MR) is 145 cm³/mol. The molecule has 1 aliphatic heterocycles. The maximum absolute atomic E-state index is 12.0. The van der Waals surface area contributed by atoms with Gasteiger partial charge in [-0.3, -0.25) is 10.1 Å². The average Bonchev–Trinajstić information content (AvgIpc) is 3.35. The summed E-state index contributed by atoms with van der Waals surface area (Å²) in [5.74, 6) is 1.54. The number of hydrogen-bond acceptors (Lipinski definition) is 5. The van der Waals surface area contributed by atoms with Crippen LogP contribution in [-0.4, -0.2) is 12.0 Å². The largest absolute Gasteiger partial charge is 0.493 e. The summed E-state index contributed by atoms with van der Waals surface area (Å²) in [6, 6.07) is 13.0. The van der Waals surface area contributed by atoms with Crippen LogP contribution in [0.3, 0.4) is 0 Å². The topological polar surface area (TPSA) is 73.6 Å². The standard InChI is InChI=1S/C28H26BrClN2O4/c1-15-11-23(32(33)34)27-25(16(15)2)20-5-4-6-21(20)26(31-27)18-12-22(29)28(24(13-18)35-3)36-14-17-7-9-19(30)10-8-17/h4-5,7-13,20-21,26,31H,6,14H2,1-3H3/t20-,21-,26-/m0/s1. The van der Waals surface area contributed by atoms with Crippen molar-refractivity contribution in [2.45, 2.75) is 38.8 Å². The second-order valence-electron chi connectivity index (χ2n) is 9.31. The van der Waals surface area contributed by atoms with E-state index in [1.807, 2.05) is 43.3 Å². The van der Waals surface area contributed by atoms with Gasteiger partial charge >= 0.3 is 0 Å². The summed E-state index contributed by atoms with van der Waals surface area (Å²) in [5, 5.41) is 16.2. The molecule has 1 N–H and O–H groups in total. The number of halogens is 2. The Labute approximate surface area is 223 Å². The van der Waals surface area contributed by atoms with Gasteiger partial charge in [0.1, 0.15) is 12.3 Å². The van der Waals surface area contributed by atoms with Crippen LogP contribution < -0.4 is 14.8 Å². The van der Waals surface area contributed by atoms with Crippen molar-refractivity contribution in [1.82, 2.24) is 0 Å². The molecule has 8 heteroatoms. The Bertz CT molecular complexity index is 1370. The number of anilines is 1. The number of nitro groups is 1. The molecule has 0 amide bonds. The van der Waals surface area contributed by atoms with Gasteiger partial charge in [-0.05, 0) is 94.2 Å². The highest BCUT2D eigenvalue weighted by Gasteiger charge is 2.42. The van der Waals surface area contributed by atoms with Crippen molar-refractivity contribution in [3.63, 3.8) is 0 Å². The summed E-state index contributed by atoms with van der Waals surface area (Å²) >= 11 is 9.67. The van der Waals surface area contributed by atoms with Gasteiger partial charge in [-0.2, -0.15) is 0 Å². The molecule has 0 radical (unpaired) electrons. The fourth-order valence-electron chi connectivity index (χ4n) is 5.35. The van der Waals surface area contributed by atoms with Gasteiger partial charge in [-0.1, -0.05) is 35.9 Å². The first-order valence-electron chi connectivity index (χ1n) is 11.7.